The van der Waals surface area contributed by atoms with E-state index in [1.807, 2.05) is 9.80 Å². The number of aryl methyl sites for hydroxylation is 4. The first-order valence-electron chi connectivity index (χ1n) is 16.1. The van der Waals surface area contributed by atoms with Crippen molar-refractivity contribution in [2.24, 2.45) is 23.1 Å². The number of hydrogen-bond acceptors (Lipinski definition) is 6. The molecule has 7 N–H and O–H groups in total. The molecule has 1 aliphatic heterocycles. The number of amides is 2. The molecule has 0 spiro atoms. The first-order valence-corrected chi connectivity index (χ1v) is 16.1. The van der Waals surface area contributed by atoms with E-state index < -0.39 is 12.1 Å². The summed E-state index contributed by atoms with van der Waals surface area (Å²) in [7, 11) is 0. The molecule has 1 heterocycles. The van der Waals surface area contributed by atoms with Gasteiger partial charge in [0.15, 0.2) is 0 Å². The van der Waals surface area contributed by atoms with Crippen LogP contribution in [0.25, 0.3) is 0 Å². The van der Waals surface area contributed by atoms with Crippen LogP contribution < -0.4 is 22.5 Å². The van der Waals surface area contributed by atoms with Crippen molar-refractivity contribution in [3.63, 3.8) is 0 Å². The molecule has 1 fully saturated rings. The molecular weight excluding hydrogens is 536 g/mol. The summed E-state index contributed by atoms with van der Waals surface area (Å²) in [4.78, 5) is 32.0. The van der Waals surface area contributed by atoms with Crippen LogP contribution in [0.5, 0.6) is 0 Å². The maximum absolute atomic E-state index is 14.0. The van der Waals surface area contributed by atoms with Gasteiger partial charge in [0, 0.05) is 38.3 Å². The smallest absolute Gasteiger partial charge is 0.240 e. The SMILES string of the molecule is Cc1ccc(C[C@@H](N)C(=O)N2C[C@H](CCCNCCN)N(C(=O)[C@H](N)Cc3ccc(C)cc3C)C[C@H]2CC(C)C)c(C)c1. The van der Waals surface area contributed by atoms with E-state index in [4.69, 9.17) is 17.2 Å². The van der Waals surface area contributed by atoms with Crippen LogP contribution in [0.3, 0.4) is 0 Å². The lowest BCUT2D eigenvalue weighted by atomic mass is 9.92. The highest BCUT2D eigenvalue weighted by molar-refractivity contribution is 5.85. The van der Waals surface area contributed by atoms with Gasteiger partial charge in [-0.15, -0.1) is 0 Å². The summed E-state index contributed by atoms with van der Waals surface area (Å²) in [5.74, 6) is 0.276. The summed E-state index contributed by atoms with van der Waals surface area (Å²) < 4.78 is 0. The Morgan fingerprint density at radius 3 is 1.77 bits per heavy atom. The average molecular weight is 593 g/mol. The van der Waals surface area contributed by atoms with E-state index in [0.717, 1.165) is 54.6 Å². The van der Waals surface area contributed by atoms with Crippen molar-refractivity contribution in [3.05, 3.63) is 69.8 Å². The highest BCUT2D eigenvalue weighted by atomic mass is 16.2. The monoisotopic (exact) mass is 592 g/mol. The van der Waals surface area contributed by atoms with Gasteiger partial charge in [0.1, 0.15) is 0 Å². The van der Waals surface area contributed by atoms with Crippen molar-refractivity contribution < 1.29 is 9.59 Å². The quantitative estimate of drug-likeness (QED) is 0.249. The predicted octanol–water partition coefficient (Wildman–Crippen LogP) is 3.14. The van der Waals surface area contributed by atoms with E-state index in [2.05, 4.69) is 83.3 Å². The van der Waals surface area contributed by atoms with Gasteiger partial charge in [-0.25, -0.2) is 0 Å². The molecule has 4 atom stereocenters. The molecule has 1 saturated heterocycles. The third-order valence-electron chi connectivity index (χ3n) is 8.73. The van der Waals surface area contributed by atoms with Crippen LogP contribution in [0.4, 0.5) is 0 Å². The van der Waals surface area contributed by atoms with Crippen molar-refractivity contribution in [1.82, 2.24) is 15.1 Å². The molecule has 1 aliphatic rings. The summed E-state index contributed by atoms with van der Waals surface area (Å²) in [6.07, 6.45) is 3.41. The van der Waals surface area contributed by atoms with Gasteiger partial charge in [-0.1, -0.05) is 61.4 Å². The second-order valence-corrected chi connectivity index (χ2v) is 13.1. The minimum Gasteiger partial charge on any atom is -0.335 e. The van der Waals surface area contributed by atoms with Crippen molar-refractivity contribution in [1.29, 1.82) is 0 Å². The Kier molecular flexibility index (Phi) is 13.2. The molecule has 0 aliphatic carbocycles. The van der Waals surface area contributed by atoms with Crippen LogP contribution in [-0.2, 0) is 22.4 Å². The largest absolute Gasteiger partial charge is 0.335 e. The van der Waals surface area contributed by atoms with E-state index in [0.29, 0.717) is 38.4 Å². The van der Waals surface area contributed by atoms with Crippen molar-refractivity contribution in [2.75, 3.05) is 32.7 Å². The number of rotatable bonds is 14. The van der Waals surface area contributed by atoms with Crippen LogP contribution >= 0.6 is 0 Å². The summed E-state index contributed by atoms with van der Waals surface area (Å²) in [6, 6.07) is 11.0. The number of carbonyl (C=O) groups is 2. The summed E-state index contributed by atoms with van der Waals surface area (Å²) in [5, 5.41) is 3.35. The molecule has 0 aromatic heterocycles. The van der Waals surface area contributed by atoms with Crippen LogP contribution in [0, 0.1) is 33.6 Å². The highest BCUT2D eigenvalue weighted by Crippen LogP contribution is 2.26. The molecule has 0 bridgehead atoms. The molecular formula is C35H56N6O2. The lowest BCUT2D eigenvalue weighted by Crippen LogP contribution is -2.65. The Morgan fingerprint density at radius 2 is 1.30 bits per heavy atom. The maximum atomic E-state index is 14.0. The Morgan fingerprint density at radius 1 is 0.814 bits per heavy atom. The van der Waals surface area contributed by atoms with Gasteiger partial charge in [0.2, 0.25) is 11.8 Å². The maximum Gasteiger partial charge on any atom is 0.240 e. The number of benzene rings is 2. The predicted molar refractivity (Wildman–Crippen MR) is 177 cm³/mol. The standard InChI is InChI=1S/C35H56N6O2/c1-23(2)16-31-22-40(34(42)32(37)19-28-11-9-24(3)17-26(28)5)30(8-7-14-39-15-13-36)21-41(31)35(43)33(38)20-29-12-10-25(4)18-27(29)6/h9-12,17-18,23,30-33,39H,7-8,13-16,19-22,36-38H2,1-6H3/t30-,31+,32+,33+/m0/s1. The van der Waals surface area contributed by atoms with Crippen molar-refractivity contribution in [3.8, 4) is 0 Å². The fraction of sp³-hybridized carbons (Fsp3) is 0.600. The zero-order chi connectivity index (χ0) is 31.7. The minimum absolute atomic E-state index is 0.0384. The Balaban J connectivity index is 1.83. The van der Waals surface area contributed by atoms with Crippen molar-refractivity contribution >= 4 is 11.8 Å². The van der Waals surface area contributed by atoms with Gasteiger partial charge >= 0.3 is 0 Å². The molecule has 3 rings (SSSR count). The van der Waals surface area contributed by atoms with Gasteiger partial charge in [0.25, 0.3) is 0 Å². The van der Waals surface area contributed by atoms with E-state index in [1.54, 1.807) is 0 Å². The van der Waals surface area contributed by atoms with Gasteiger partial charge in [0.05, 0.1) is 12.1 Å². The number of carbonyl (C=O) groups excluding carboxylic acids is 2. The number of nitrogens with one attached hydrogen (secondary N) is 1. The van der Waals surface area contributed by atoms with Gasteiger partial charge < -0.3 is 32.3 Å². The van der Waals surface area contributed by atoms with Crippen LogP contribution in [0.15, 0.2) is 36.4 Å². The fourth-order valence-corrected chi connectivity index (χ4v) is 6.40. The second-order valence-electron chi connectivity index (χ2n) is 13.1. The van der Waals surface area contributed by atoms with Crippen LogP contribution in [0.2, 0.25) is 0 Å². The number of piperazine rings is 1. The lowest BCUT2D eigenvalue weighted by Gasteiger charge is -2.48. The number of nitrogens with two attached hydrogens (primary N) is 3. The normalized spacial score (nSPS) is 18.7. The minimum atomic E-state index is -0.645. The molecule has 2 amide bonds. The molecule has 238 valence electrons. The van der Waals surface area contributed by atoms with Gasteiger partial charge in [-0.05, 0) is 94.5 Å². The fourth-order valence-electron chi connectivity index (χ4n) is 6.40. The number of nitrogens with zero attached hydrogens (tertiary/aromatic N) is 2. The van der Waals surface area contributed by atoms with E-state index >= 15 is 0 Å². The first kappa shape index (κ1) is 34.7. The first-order chi connectivity index (χ1) is 20.4. The Labute approximate surface area is 259 Å². The van der Waals surface area contributed by atoms with Crippen LogP contribution in [-0.4, -0.2) is 78.5 Å². The molecule has 2 aromatic rings. The zero-order valence-electron chi connectivity index (χ0n) is 27.4. The van der Waals surface area contributed by atoms with E-state index in [1.165, 1.54) is 11.1 Å². The summed E-state index contributed by atoms with van der Waals surface area (Å²) >= 11 is 0. The molecule has 8 nitrogen and oxygen atoms in total. The summed E-state index contributed by atoms with van der Waals surface area (Å²) in [6.45, 7) is 15.7. The lowest BCUT2D eigenvalue weighted by molar-refractivity contribution is -0.149. The average Bonchev–Trinajstić information content (AvgIpc) is 2.95. The molecule has 0 radical (unpaired) electrons. The Bertz CT molecular complexity index is 1210. The highest BCUT2D eigenvalue weighted by Gasteiger charge is 2.41. The van der Waals surface area contributed by atoms with E-state index in [-0.39, 0.29) is 23.9 Å². The molecule has 8 heteroatoms. The molecule has 43 heavy (non-hydrogen) atoms. The second kappa shape index (κ2) is 16.3. The third-order valence-corrected chi connectivity index (χ3v) is 8.73. The Hall–Kier alpha value is -2.78. The van der Waals surface area contributed by atoms with Gasteiger partial charge in [-0.3, -0.25) is 9.59 Å². The number of hydrogen-bond donors (Lipinski definition) is 4. The topological polar surface area (TPSA) is 131 Å². The molecule has 2 aromatic carbocycles. The van der Waals surface area contributed by atoms with Crippen LogP contribution in [0.1, 0.15) is 66.5 Å². The van der Waals surface area contributed by atoms with Gasteiger partial charge in [-0.2, -0.15) is 0 Å². The van der Waals surface area contributed by atoms with E-state index in [9.17, 15) is 9.59 Å². The molecule has 0 saturated carbocycles. The summed E-state index contributed by atoms with van der Waals surface area (Å²) in [5.41, 5.74) is 25.8. The zero-order valence-corrected chi connectivity index (χ0v) is 27.4. The third kappa shape index (κ3) is 9.86. The molecule has 0 unspecified atom stereocenters. The van der Waals surface area contributed by atoms with Crippen molar-refractivity contribution in [2.45, 2.75) is 97.8 Å².